The van der Waals surface area contributed by atoms with Gasteiger partial charge in [0.1, 0.15) is 6.61 Å². The number of ether oxygens (including phenoxy) is 1. The minimum Gasteiger partial charge on any atom is -0.481 e. The number of halogens is 2. The molecule has 3 heterocycles. The minimum atomic E-state index is -2.69. The van der Waals surface area contributed by atoms with E-state index in [0.717, 1.165) is 36.8 Å². The van der Waals surface area contributed by atoms with Crippen LogP contribution in [0.15, 0.2) is 30.1 Å². The second-order valence-corrected chi connectivity index (χ2v) is 9.57. The van der Waals surface area contributed by atoms with E-state index >= 15 is 0 Å². The first-order chi connectivity index (χ1) is 18.0. The van der Waals surface area contributed by atoms with Crippen LogP contribution in [0, 0.1) is 0 Å². The molecule has 1 saturated heterocycles. The summed E-state index contributed by atoms with van der Waals surface area (Å²) in [6.07, 6.45) is 6.15. The van der Waals surface area contributed by atoms with Crippen LogP contribution in [0.25, 0.3) is 5.70 Å². The number of piperidine rings is 1. The lowest BCUT2D eigenvalue weighted by atomic mass is 9.83. The number of carbonyl (C=O) groups is 1. The lowest BCUT2D eigenvalue weighted by Gasteiger charge is -2.35. The van der Waals surface area contributed by atoms with E-state index in [1.807, 2.05) is 19.1 Å². The zero-order valence-electron chi connectivity index (χ0n) is 22.2. The number of aromatic nitrogens is 3. The Hall–Kier alpha value is -3.54. The van der Waals surface area contributed by atoms with Gasteiger partial charge in [-0.1, -0.05) is 13.3 Å². The summed E-state index contributed by atoms with van der Waals surface area (Å²) < 4.78 is 33.8. The summed E-state index contributed by atoms with van der Waals surface area (Å²) in [5, 5.41) is 8.80. The van der Waals surface area contributed by atoms with Gasteiger partial charge in [-0.25, -0.2) is 24.6 Å². The van der Waals surface area contributed by atoms with Crippen LogP contribution < -0.4 is 21.2 Å². The Morgan fingerprint density at radius 1 is 1.26 bits per heavy atom. The number of hydrazine groups is 1. The highest BCUT2D eigenvalue weighted by atomic mass is 19.3. The third kappa shape index (κ3) is 7.73. The molecule has 1 aliphatic heterocycles. The summed E-state index contributed by atoms with van der Waals surface area (Å²) in [5.41, 5.74) is 10.3. The van der Waals surface area contributed by atoms with Crippen LogP contribution in [-0.4, -0.2) is 63.7 Å². The second kappa shape index (κ2) is 12.8. The summed E-state index contributed by atoms with van der Waals surface area (Å²) in [5.74, 6) is 3.00. The van der Waals surface area contributed by atoms with Crippen molar-refractivity contribution < 1.29 is 23.4 Å². The van der Waals surface area contributed by atoms with Crippen molar-refractivity contribution in [2.24, 2.45) is 11.6 Å². The second-order valence-electron chi connectivity index (χ2n) is 9.57. The van der Waals surface area contributed by atoms with Crippen molar-refractivity contribution in [2.45, 2.75) is 64.2 Å². The van der Waals surface area contributed by atoms with Crippen molar-refractivity contribution in [1.82, 2.24) is 20.0 Å². The molecule has 0 unspecified atom stereocenters. The Balaban J connectivity index is 0.000000934. The number of aliphatic carboxylic acids is 1. The van der Waals surface area contributed by atoms with Gasteiger partial charge in [-0.3, -0.25) is 4.79 Å². The summed E-state index contributed by atoms with van der Waals surface area (Å²) >= 11 is 0. The maximum atomic E-state index is 14.0. The SMILES string of the molecule is CC(=O)O.CCc1nc(/C(N)=C(\COc2nccc(C3CCC3)n2)N(C)N)ccc1N1CCCC(F)(F)C1. The lowest BCUT2D eigenvalue weighted by molar-refractivity contribution is -0.134. The number of rotatable bonds is 8. The molecule has 12 heteroatoms. The van der Waals surface area contributed by atoms with Gasteiger partial charge in [-0.2, -0.15) is 4.98 Å². The molecule has 0 amide bonds. The molecule has 0 bridgehead atoms. The quantitative estimate of drug-likeness (QED) is 0.340. The number of anilines is 1. The minimum absolute atomic E-state index is 0.0657. The molecule has 0 radical (unpaired) electrons. The van der Waals surface area contributed by atoms with Gasteiger partial charge in [-0.15, -0.1) is 0 Å². The molecule has 2 aromatic rings. The molecule has 0 atom stereocenters. The van der Waals surface area contributed by atoms with E-state index in [1.165, 1.54) is 11.4 Å². The lowest BCUT2D eigenvalue weighted by Crippen LogP contribution is -2.43. The first kappa shape index (κ1) is 29.0. The molecule has 0 spiro atoms. The predicted molar refractivity (Wildman–Crippen MR) is 140 cm³/mol. The van der Waals surface area contributed by atoms with Crippen molar-refractivity contribution >= 4 is 17.4 Å². The van der Waals surface area contributed by atoms with Gasteiger partial charge in [0.15, 0.2) is 0 Å². The molecule has 4 rings (SSSR count). The Labute approximate surface area is 221 Å². The number of hydrogen-bond acceptors (Lipinski definition) is 9. The van der Waals surface area contributed by atoms with E-state index in [2.05, 4.69) is 15.0 Å². The van der Waals surface area contributed by atoms with Gasteiger partial charge in [0.05, 0.1) is 40.7 Å². The van der Waals surface area contributed by atoms with Gasteiger partial charge >= 0.3 is 6.01 Å². The average molecular weight is 534 g/mol. The molecular formula is C26H37F2N7O3. The fourth-order valence-corrected chi connectivity index (χ4v) is 4.37. The van der Waals surface area contributed by atoms with Gasteiger partial charge in [0.25, 0.3) is 11.9 Å². The van der Waals surface area contributed by atoms with Crippen LogP contribution in [-0.2, 0) is 11.2 Å². The Morgan fingerprint density at radius 3 is 2.55 bits per heavy atom. The maximum Gasteiger partial charge on any atom is 0.316 e. The van der Waals surface area contributed by atoms with Crippen LogP contribution in [0.3, 0.4) is 0 Å². The largest absolute Gasteiger partial charge is 0.481 e. The van der Waals surface area contributed by atoms with E-state index in [1.54, 1.807) is 24.2 Å². The number of hydrogen-bond donors (Lipinski definition) is 3. The average Bonchev–Trinajstić information content (AvgIpc) is 2.81. The first-order valence-electron chi connectivity index (χ1n) is 12.8. The highest BCUT2D eigenvalue weighted by Crippen LogP contribution is 2.35. The van der Waals surface area contributed by atoms with E-state index in [-0.39, 0.29) is 25.6 Å². The van der Waals surface area contributed by atoms with Crippen molar-refractivity contribution in [2.75, 3.05) is 31.6 Å². The molecule has 10 nitrogen and oxygen atoms in total. The van der Waals surface area contributed by atoms with Crippen molar-refractivity contribution in [3.05, 3.63) is 47.2 Å². The van der Waals surface area contributed by atoms with Crippen molar-refractivity contribution in [3.63, 3.8) is 0 Å². The van der Waals surface area contributed by atoms with Crippen LogP contribution in [0.2, 0.25) is 0 Å². The van der Waals surface area contributed by atoms with Crippen LogP contribution in [0.5, 0.6) is 6.01 Å². The van der Waals surface area contributed by atoms with E-state index < -0.39 is 11.9 Å². The van der Waals surface area contributed by atoms with Crippen molar-refractivity contribution in [3.8, 4) is 6.01 Å². The summed E-state index contributed by atoms with van der Waals surface area (Å²) in [4.78, 5) is 24.1. The standard InChI is InChI=1S/C24H33F2N7O.C2H4O2/c1-3-17-20(33-13-5-11-24(25,26)15-33)9-8-19(30-17)22(27)21(32(2)28)14-34-23-29-12-10-18(31-23)16-6-4-7-16;1-2(3)4/h8-10,12,16H,3-7,11,13-15,27-28H2,1-2H3;1H3,(H,3,4)/b22-21-;. The van der Waals surface area contributed by atoms with E-state index in [4.69, 9.17) is 26.2 Å². The fourth-order valence-electron chi connectivity index (χ4n) is 4.37. The van der Waals surface area contributed by atoms with E-state index in [9.17, 15) is 8.78 Å². The maximum absolute atomic E-state index is 14.0. The summed E-state index contributed by atoms with van der Waals surface area (Å²) in [6.45, 7) is 3.38. The van der Waals surface area contributed by atoms with Crippen molar-refractivity contribution in [1.29, 1.82) is 0 Å². The number of carboxylic acid groups (broad SMARTS) is 1. The van der Waals surface area contributed by atoms with Gasteiger partial charge < -0.3 is 25.5 Å². The summed E-state index contributed by atoms with van der Waals surface area (Å²) in [6, 6.07) is 5.76. The smallest absolute Gasteiger partial charge is 0.316 e. The molecule has 1 saturated carbocycles. The normalized spacial score (nSPS) is 17.5. The molecular weight excluding hydrogens is 496 g/mol. The highest BCUT2D eigenvalue weighted by Gasteiger charge is 2.36. The number of carboxylic acids is 1. The van der Waals surface area contributed by atoms with Crippen LogP contribution in [0.1, 0.15) is 69.0 Å². The van der Waals surface area contributed by atoms with Gasteiger partial charge in [0.2, 0.25) is 0 Å². The molecule has 2 fully saturated rings. The zero-order chi connectivity index (χ0) is 27.9. The number of alkyl halides is 2. The van der Waals surface area contributed by atoms with Gasteiger partial charge in [0, 0.05) is 39.1 Å². The third-order valence-corrected chi connectivity index (χ3v) is 6.55. The van der Waals surface area contributed by atoms with Gasteiger partial charge in [-0.05, 0) is 43.9 Å². The molecule has 5 N–H and O–H groups in total. The number of likely N-dealkylation sites (N-methyl/N-ethyl adjacent to an activating group) is 1. The third-order valence-electron chi connectivity index (χ3n) is 6.55. The monoisotopic (exact) mass is 533 g/mol. The fraction of sp³-hybridized carbons (Fsp3) is 0.538. The Kier molecular flexibility index (Phi) is 9.78. The highest BCUT2D eigenvalue weighted by molar-refractivity contribution is 5.65. The number of aryl methyl sites for hydroxylation is 1. The number of nitrogens with zero attached hydrogens (tertiary/aromatic N) is 5. The molecule has 38 heavy (non-hydrogen) atoms. The predicted octanol–water partition coefficient (Wildman–Crippen LogP) is 3.54. The van der Waals surface area contributed by atoms with E-state index in [0.29, 0.717) is 42.4 Å². The van der Waals surface area contributed by atoms with Crippen LogP contribution in [0.4, 0.5) is 14.5 Å². The molecule has 2 aliphatic rings. The zero-order valence-corrected chi connectivity index (χ0v) is 22.2. The number of nitrogens with two attached hydrogens (primary N) is 2. The topological polar surface area (TPSA) is 144 Å². The first-order valence-corrected chi connectivity index (χ1v) is 12.8. The molecule has 0 aromatic carbocycles. The summed E-state index contributed by atoms with van der Waals surface area (Å²) in [7, 11) is 1.67. The molecule has 1 aliphatic carbocycles. The molecule has 208 valence electrons. The molecule has 2 aromatic heterocycles. The Bertz CT molecular complexity index is 1140. The van der Waals surface area contributed by atoms with Crippen LogP contribution >= 0.6 is 0 Å². The Morgan fingerprint density at radius 2 is 1.97 bits per heavy atom. The number of pyridine rings is 1.